The maximum absolute atomic E-state index is 13.5. The van der Waals surface area contributed by atoms with E-state index < -0.39 is 53.1 Å². The van der Waals surface area contributed by atoms with Gasteiger partial charge in [-0.15, -0.1) is 0 Å². The molecular weight excluding hydrogens is 312 g/mol. The Balaban J connectivity index is 2.86. The van der Waals surface area contributed by atoms with Crippen LogP contribution < -0.4 is 5.32 Å². The SMILES string of the molecule is CC(C)(C)OC(=O)NC(CC(=O)c1c(F)cccc1F)C(=O)O. The number of ether oxygens (including phenoxy) is 1. The number of hydrogen-bond acceptors (Lipinski definition) is 4. The van der Waals surface area contributed by atoms with Crippen LogP contribution in [0.15, 0.2) is 18.2 Å². The monoisotopic (exact) mass is 329 g/mol. The second-order valence-corrected chi connectivity index (χ2v) is 5.76. The van der Waals surface area contributed by atoms with Crippen LogP contribution in [-0.4, -0.2) is 34.6 Å². The molecule has 0 aromatic heterocycles. The predicted octanol–water partition coefficient (Wildman–Crippen LogP) is 2.52. The van der Waals surface area contributed by atoms with Crippen LogP contribution in [0.4, 0.5) is 13.6 Å². The molecule has 1 aromatic carbocycles. The molecule has 1 unspecified atom stereocenters. The van der Waals surface area contributed by atoms with Crippen molar-refractivity contribution in [3.05, 3.63) is 35.4 Å². The third-order valence-electron chi connectivity index (χ3n) is 2.62. The van der Waals surface area contributed by atoms with E-state index in [0.717, 1.165) is 18.2 Å². The van der Waals surface area contributed by atoms with Crippen LogP contribution in [0.5, 0.6) is 0 Å². The fraction of sp³-hybridized carbons (Fsp3) is 0.400. The van der Waals surface area contributed by atoms with E-state index in [9.17, 15) is 23.2 Å². The Bertz CT molecular complexity index is 605. The molecule has 1 aromatic rings. The van der Waals surface area contributed by atoms with Crippen LogP contribution in [0.3, 0.4) is 0 Å². The van der Waals surface area contributed by atoms with Crippen LogP contribution in [-0.2, 0) is 9.53 Å². The molecule has 0 radical (unpaired) electrons. The van der Waals surface area contributed by atoms with E-state index >= 15 is 0 Å². The highest BCUT2D eigenvalue weighted by molar-refractivity contribution is 5.99. The molecule has 6 nitrogen and oxygen atoms in total. The third-order valence-corrected chi connectivity index (χ3v) is 2.62. The Morgan fingerprint density at radius 3 is 2.17 bits per heavy atom. The van der Waals surface area contributed by atoms with Gasteiger partial charge in [0.25, 0.3) is 0 Å². The quantitative estimate of drug-likeness (QED) is 0.810. The number of carboxylic acid groups (broad SMARTS) is 1. The topological polar surface area (TPSA) is 92.7 Å². The molecule has 23 heavy (non-hydrogen) atoms. The van der Waals surface area contributed by atoms with Gasteiger partial charge in [0, 0.05) is 6.42 Å². The first-order chi connectivity index (χ1) is 10.5. The van der Waals surface area contributed by atoms with Crippen LogP contribution >= 0.6 is 0 Å². The molecular formula is C15H17F2NO5. The van der Waals surface area contributed by atoms with Crippen molar-refractivity contribution in [2.45, 2.75) is 38.8 Å². The van der Waals surface area contributed by atoms with Gasteiger partial charge in [0.05, 0.1) is 5.56 Å². The average Bonchev–Trinajstić information content (AvgIpc) is 2.35. The van der Waals surface area contributed by atoms with Crippen LogP contribution in [0.25, 0.3) is 0 Å². The number of carbonyl (C=O) groups excluding carboxylic acids is 2. The molecule has 126 valence electrons. The Morgan fingerprint density at radius 2 is 1.74 bits per heavy atom. The highest BCUT2D eigenvalue weighted by atomic mass is 19.1. The molecule has 1 amide bonds. The van der Waals surface area contributed by atoms with Gasteiger partial charge in [0.2, 0.25) is 0 Å². The standard InChI is InChI=1S/C15H17F2NO5/c1-15(2,3)23-14(22)18-10(13(20)21)7-11(19)12-8(16)5-4-6-9(12)17/h4-6,10H,7H2,1-3H3,(H,18,22)(H,20,21). The first-order valence-corrected chi connectivity index (χ1v) is 6.71. The summed E-state index contributed by atoms with van der Waals surface area (Å²) < 4.78 is 31.9. The number of ketones is 1. The fourth-order valence-corrected chi connectivity index (χ4v) is 1.70. The molecule has 2 N–H and O–H groups in total. The van der Waals surface area contributed by atoms with E-state index in [1.54, 1.807) is 20.8 Å². The Hall–Kier alpha value is -2.51. The first-order valence-electron chi connectivity index (χ1n) is 6.71. The molecule has 0 saturated carbocycles. The predicted molar refractivity (Wildman–Crippen MR) is 76.1 cm³/mol. The maximum Gasteiger partial charge on any atom is 0.408 e. The third kappa shape index (κ3) is 5.65. The molecule has 8 heteroatoms. The number of amides is 1. The minimum absolute atomic E-state index is 0.813. The Labute approximate surface area is 131 Å². The summed E-state index contributed by atoms with van der Waals surface area (Å²) in [6, 6.07) is 1.17. The van der Waals surface area contributed by atoms with Crippen molar-refractivity contribution in [3.8, 4) is 0 Å². The zero-order chi connectivity index (χ0) is 17.8. The molecule has 0 spiro atoms. The largest absolute Gasteiger partial charge is 0.480 e. The van der Waals surface area contributed by atoms with Crippen molar-refractivity contribution in [2.24, 2.45) is 0 Å². The van der Waals surface area contributed by atoms with Gasteiger partial charge in [-0.05, 0) is 32.9 Å². The van der Waals surface area contributed by atoms with E-state index in [4.69, 9.17) is 9.84 Å². The second-order valence-electron chi connectivity index (χ2n) is 5.76. The van der Waals surface area contributed by atoms with Gasteiger partial charge in [-0.2, -0.15) is 0 Å². The van der Waals surface area contributed by atoms with Gasteiger partial charge in [0.1, 0.15) is 23.3 Å². The van der Waals surface area contributed by atoms with Crippen molar-refractivity contribution >= 4 is 17.8 Å². The lowest BCUT2D eigenvalue weighted by Gasteiger charge is -2.21. The summed E-state index contributed by atoms with van der Waals surface area (Å²) in [5, 5.41) is 11.0. The van der Waals surface area contributed by atoms with Crippen molar-refractivity contribution < 1.29 is 33.0 Å². The summed E-state index contributed by atoms with van der Waals surface area (Å²) in [7, 11) is 0. The highest BCUT2D eigenvalue weighted by Gasteiger charge is 2.28. The average molecular weight is 329 g/mol. The lowest BCUT2D eigenvalue weighted by Crippen LogP contribution is -2.44. The summed E-state index contributed by atoms with van der Waals surface area (Å²) >= 11 is 0. The van der Waals surface area contributed by atoms with Gasteiger partial charge in [-0.1, -0.05) is 6.07 Å². The Kier molecular flexibility index (Phi) is 5.78. The smallest absolute Gasteiger partial charge is 0.408 e. The second kappa shape index (κ2) is 7.17. The minimum atomic E-state index is -1.67. The number of aliphatic carboxylic acids is 1. The molecule has 0 aliphatic rings. The van der Waals surface area contributed by atoms with Crippen LogP contribution in [0.1, 0.15) is 37.6 Å². The number of rotatable bonds is 5. The molecule has 0 fully saturated rings. The molecule has 0 bridgehead atoms. The van der Waals surface area contributed by atoms with Gasteiger partial charge in [-0.25, -0.2) is 18.4 Å². The zero-order valence-electron chi connectivity index (χ0n) is 12.9. The molecule has 1 rings (SSSR count). The van der Waals surface area contributed by atoms with Crippen molar-refractivity contribution in [2.75, 3.05) is 0 Å². The number of hydrogen-bond donors (Lipinski definition) is 2. The summed E-state index contributed by atoms with van der Waals surface area (Å²) in [5.74, 6) is -4.81. The van der Waals surface area contributed by atoms with Crippen molar-refractivity contribution in [1.29, 1.82) is 0 Å². The summed E-state index contributed by atoms with van der Waals surface area (Å²) in [4.78, 5) is 34.6. The first kappa shape index (κ1) is 18.5. The molecule has 0 saturated heterocycles. The van der Waals surface area contributed by atoms with E-state index in [-0.39, 0.29) is 0 Å². The molecule has 0 aliphatic carbocycles. The van der Waals surface area contributed by atoms with Crippen LogP contribution in [0, 0.1) is 11.6 Å². The van der Waals surface area contributed by atoms with E-state index in [1.807, 2.05) is 5.32 Å². The van der Waals surface area contributed by atoms with Gasteiger partial charge in [-0.3, -0.25) is 4.79 Å². The number of halogens is 2. The number of alkyl carbamates (subject to hydrolysis) is 1. The summed E-state index contributed by atoms with van der Waals surface area (Å²) in [5.41, 5.74) is -1.71. The number of carboxylic acids is 1. The van der Waals surface area contributed by atoms with E-state index in [0.29, 0.717) is 0 Å². The maximum atomic E-state index is 13.5. The van der Waals surface area contributed by atoms with Gasteiger partial charge < -0.3 is 15.2 Å². The Morgan fingerprint density at radius 1 is 1.22 bits per heavy atom. The van der Waals surface area contributed by atoms with Crippen molar-refractivity contribution in [3.63, 3.8) is 0 Å². The van der Waals surface area contributed by atoms with Gasteiger partial charge in [0.15, 0.2) is 5.78 Å². The number of nitrogens with one attached hydrogen (secondary N) is 1. The number of carbonyl (C=O) groups is 3. The molecule has 0 heterocycles. The number of Topliss-reactive ketones (excluding diaryl/α,β-unsaturated/α-hetero) is 1. The highest BCUT2D eigenvalue weighted by Crippen LogP contribution is 2.15. The minimum Gasteiger partial charge on any atom is -0.480 e. The van der Waals surface area contributed by atoms with Crippen LogP contribution in [0.2, 0.25) is 0 Å². The van der Waals surface area contributed by atoms with E-state index in [2.05, 4.69) is 0 Å². The molecule has 0 aliphatic heterocycles. The molecule has 1 atom stereocenters. The lowest BCUT2D eigenvalue weighted by atomic mass is 10.0. The fourth-order valence-electron chi connectivity index (χ4n) is 1.70. The zero-order valence-corrected chi connectivity index (χ0v) is 12.9. The van der Waals surface area contributed by atoms with Gasteiger partial charge >= 0.3 is 12.1 Å². The van der Waals surface area contributed by atoms with Crippen molar-refractivity contribution in [1.82, 2.24) is 5.32 Å². The summed E-state index contributed by atoms with van der Waals surface area (Å²) in [6.07, 6.45) is -1.86. The normalized spacial score (nSPS) is 12.4. The number of benzene rings is 1. The lowest BCUT2D eigenvalue weighted by molar-refractivity contribution is -0.139. The summed E-state index contributed by atoms with van der Waals surface area (Å²) in [6.45, 7) is 4.71. The van der Waals surface area contributed by atoms with E-state index in [1.165, 1.54) is 0 Å².